The molecule has 0 saturated carbocycles. The Morgan fingerprint density at radius 3 is 2.52 bits per heavy atom. The minimum Gasteiger partial charge on any atom is -0.211 e. The van der Waals surface area contributed by atoms with E-state index in [-0.39, 0.29) is 23.6 Å². The van der Waals surface area contributed by atoms with Crippen LogP contribution in [0, 0.1) is 17.8 Å². The second kappa shape index (κ2) is 7.11. The Bertz CT molecular complexity index is 580. The van der Waals surface area contributed by atoms with E-state index in [4.69, 9.17) is 0 Å². The molecule has 3 heteroatoms. The molecule has 0 aromatic carbocycles. The van der Waals surface area contributed by atoms with E-state index in [1.165, 1.54) is 25.3 Å². The van der Waals surface area contributed by atoms with Gasteiger partial charge in [-0.15, -0.1) is 0 Å². The van der Waals surface area contributed by atoms with E-state index in [1.807, 2.05) is 12.2 Å². The zero-order chi connectivity index (χ0) is 16.4. The average molecular weight is 322 g/mol. The number of unbranched alkanes of at least 4 members (excludes halogenated alkanes) is 5. The van der Waals surface area contributed by atoms with Crippen LogP contribution in [0.25, 0.3) is 0 Å². The van der Waals surface area contributed by atoms with Gasteiger partial charge in [-0.05, 0) is 30.4 Å². The van der Waals surface area contributed by atoms with Crippen molar-refractivity contribution in [3.8, 4) is 0 Å². The van der Waals surface area contributed by atoms with Crippen molar-refractivity contribution in [3.63, 3.8) is 0 Å². The lowest BCUT2D eigenvalue weighted by molar-refractivity contribution is 0.345. The third-order valence-corrected chi connectivity index (χ3v) is 5.42. The van der Waals surface area contributed by atoms with Crippen molar-refractivity contribution in [2.75, 3.05) is 0 Å². The van der Waals surface area contributed by atoms with E-state index in [2.05, 4.69) is 6.92 Å². The molecule has 0 amide bonds. The molecule has 0 aliphatic heterocycles. The number of allylic oxidation sites excluding steroid dienone is 8. The predicted octanol–water partition coefficient (Wildman–Crippen LogP) is 6.87. The molecular formula is C20H25F3. The maximum atomic E-state index is 14.5. The Kier molecular flexibility index (Phi) is 5.13. The van der Waals surface area contributed by atoms with Crippen molar-refractivity contribution >= 4 is 0 Å². The molecule has 0 fully saturated rings. The van der Waals surface area contributed by atoms with Gasteiger partial charge in [0.15, 0.2) is 11.7 Å². The lowest BCUT2D eigenvalue weighted by atomic mass is 9.69. The van der Waals surface area contributed by atoms with Gasteiger partial charge in [0.25, 0.3) is 0 Å². The standard InChI is InChI=1S/C20H25F3/c1-2-3-4-5-6-7-8-15-16(21)11-13-9-10-14-12-17(22)20(23)19(15)18(13)14/h9-10,12-14,18H,2-8,11H2,1H3. The summed E-state index contributed by atoms with van der Waals surface area (Å²) < 4.78 is 42.8. The first kappa shape index (κ1) is 16.6. The van der Waals surface area contributed by atoms with Gasteiger partial charge in [0.1, 0.15) is 5.83 Å². The van der Waals surface area contributed by atoms with Crippen molar-refractivity contribution < 1.29 is 13.2 Å². The van der Waals surface area contributed by atoms with Crippen molar-refractivity contribution in [1.29, 1.82) is 0 Å². The van der Waals surface area contributed by atoms with Gasteiger partial charge in [0, 0.05) is 23.8 Å². The van der Waals surface area contributed by atoms with Gasteiger partial charge in [0.05, 0.1) is 0 Å². The van der Waals surface area contributed by atoms with Gasteiger partial charge in [-0.3, -0.25) is 0 Å². The third-order valence-electron chi connectivity index (χ3n) is 5.42. The Balaban J connectivity index is 1.73. The molecule has 0 bridgehead atoms. The highest BCUT2D eigenvalue weighted by Gasteiger charge is 2.44. The molecule has 0 radical (unpaired) electrons. The second-order valence-corrected chi connectivity index (χ2v) is 7.00. The van der Waals surface area contributed by atoms with Crippen molar-refractivity contribution in [1.82, 2.24) is 0 Å². The molecule has 0 heterocycles. The van der Waals surface area contributed by atoms with Gasteiger partial charge in [-0.25, -0.2) is 13.2 Å². The van der Waals surface area contributed by atoms with Crippen LogP contribution in [0.15, 0.2) is 46.9 Å². The lowest BCUT2D eigenvalue weighted by Gasteiger charge is -2.35. The second-order valence-electron chi connectivity index (χ2n) is 7.00. The van der Waals surface area contributed by atoms with Crippen LogP contribution in [-0.2, 0) is 0 Å². The quantitative estimate of drug-likeness (QED) is 0.354. The third kappa shape index (κ3) is 3.20. The molecule has 126 valence electrons. The number of rotatable bonds is 7. The van der Waals surface area contributed by atoms with Gasteiger partial charge in [0.2, 0.25) is 0 Å². The van der Waals surface area contributed by atoms with E-state index in [0.717, 1.165) is 19.3 Å². The Morgan fingerprint density at radius 1 is 1.00 bits per heavy atom. The molecule has 23 heavy (non-hydrogen) atoms. The van der Waals surface area contributed by atoms with Crippen LogP contribution in [0.4, 0.5) is 13.2 Å². The van der Waals surface area contributed by atoms with Gasteiger partial charge < -0.3 is 0 Å². The van der Waals surface area contributed by atoms with E-state index >= 15 is 0 Å². The topological polar surface area (TPSA) is 0 Å². The maximum absolute atomic E-state index is 14.5. The first-order valence-corrected chi connectivity index (χ1v) is 8.97. The van der Waals surface area contributed by atoms with Crippen molar-refractivity contribution in [3.05, 3.63) is 46.9 Å². The zero-order valence-corrected chi connectivity index (χ0v) is 13.8. The highest BCUT2D eigenvalue weighted by atomic mass is 19.2. The highest BCUT2D eigenvalue weighted by molar-refractivity contribution is 5.51. The molecule has 0 aromatic rings. The predicted molar refractivity (Wildman–Crippen MR) is 87.7 cm³/mol. The summed E-state index contributed by atoms with van der Waals surface area (Å²) >= 11 is 0. The molecule has 0 spiro atoms. The normalized spacial score (nSPS) is 29.2. The molecule has 0 nitrogen and oxygen atoms in total. The smallest absolute Gasteiger partial charge is 0.162 e. The summed E-state index contributed by atoms with van der Waals surface area (Å²) in [5.41, 5.74) is 0.776. The molecule has 0 aromatic heterocycles. The van der Waals surface area contributed by atoms with E-state index in [9.17, 15) is 13.2 Å². The van der Waals surface area contributed by atoms with Crippen LogP contribution in [0.3, 0.4) is 0 Å². The maximum Gasteiger partial charge on any atom is 0.162 e. The van der Waals surface area contributed by atoms with E-state index in [1.54, 1.807) is 0 Å². The number of halogens is 3. The fraction of sp³-hybridized carbons (Fsp3) is 0.600. The number of hydrogen-bond donors (Lipinski definition) is 0. The van der Waals surface area contributed by atoms with Gasteiger partial charge >= 0.3 is 0 Å². The van der Waals surface area contributed by atoms with Crippen LogP contribution in [-0.4, -0.2) is 0 Å². The molecule has 0 saturated heterocycles. The fourth-order valence-electron chi connectivity index (χ4n) is 4.24. The first-order chi connectivity index (χ1) is 11.1. The van der Waals surface area contributed by atoms with E-state index < -0.39 is 11.7 Å². The summed E-state index contributed by atoms with van der Waals surface area (Å²) in [6.45, 7) is 2.17. The zero-order valence-electron chi connectivity index (χ0n) is 13.8. The summed E-state index contributed by atoms with van der Waals surface area (Å²) in [6.07, 6.45) is 12.7. The van der Waals surface area contributed by atoms with Crippen LogP contribution in [0.1, 0.15) is 58.3 Å². The van der Waals surface area contributed by atoms with Crippen LogP contribution in [0.5, 0.6) is 0 Å². The minimum atomic E-state index is -0.823. The lowest BCUT2D eigenvalue weighted by Crippen LogP contribution is -2.27. The van der Waals surface area contributed by atoms with Crippen LogP contribution < -0.4 is 0 Å². The monoisotopic (exact) mass is 322 g/mol. The average Bonchev–Trinajstić information content (AvgIpc) is 2.92. The van der Waals surface area contributed by atoms with Gasteiger partial charge in [-0.2, -0.15) is 0 Å². The van der Waals surface area contributed by atoms with Crippen molar-refractivity contribution in [2.24, 2.45) is 17.8 Å². The molecule has 3 rings (SSSR count). The van der Waals surface area contributed by atoms with E-state index in [0.29, 0.717) is 24.0 Å². The Hall–Kier alpha value is -1.25. The molecule has 3 atom stereocenters. The van der Waals surface area contributed by atoms with Crippen molar-refractivity contribution in [2.45, 2.75) is 58.3 Å². The highest BCUT2D eigenvalue weighted by Crippen LogP contribution is 2.53. The molecular weight excluding hydrogens is 297 g/mol. The molecule has 0 N–H and O–H groups in total. The summed E-state index contributed by atoms with van der Waals surface area (Å²) in [5.74, 6) is -2.09. The first-order valence-electron chi connectivity index (χ1n) is 8.97. The van der Waals surface area contributed by atoms with Crippen LogP contribution >= 0.6 is 0 Å². The SMILES string of the molecule is CCCCCCCCC1=C(F)CC2C=CC3C=C(F)C(F)=C1C32. The minimum absolute atomic E-state index is 0.0154. The van der Waals surface area contributed by atoms with Gasteiger partial charge in [-0.1, -0.05) is 51.2 Å². The Morgan fingerprint density at radius 2 is 1.74 bits per heavy atom. The molecule has 3 aliphatic rings. The summed E-state index contributed by atoms with van der Waals surface area (Å²) in [5, 5.41) is 0. The van der Waals surface area contributed by atoms with Crippen LogP contribution in [0.2, 0.25) is 0 Å². The molecule has 3 unspecified atom stereocenters. The fourth-order valence-corrected chi connectivity index (χ4v) is 4.24. The number of hydrogen-bond acceptors (Lipinski definition) is 0. The summed E-state index contributed by atoms with van der Waals surface area (Å²) in [7, 11) is 0. The summed E-state index contributed by atoms with van der Waals surface area (Å²) in [4.78, 5) is 0. The Labute approximate surface area is 136 Å². The largest absolute Gasteiger partial charge is 0.211 e. The summed E-state index contributed by atoms with van der Waals surface area (Å²) in [6, 6.07) is 0. The molecule has 3 aliphatic carbocycles.